The Morgan fingerprint density at radius 2 is 1.70 bits per heavy atom. The number of hydrogen-bond acceptors (Lipinski definition) is 3. The molecule has 2 N–H and O–H groups in total. The molecular formula is C17H31N3. The molecule has 0 spiro atoms. The number of rotatable bonds is 2. The first-order valence-electron chi connectivity index (χ1n) is 9.06. The fourth-order valence-corrected chi connectivity index (χ4v) is 6.07. The van der Waals surface area contributed by atoms with Crippen LogP contribution >= 0.6 is 0 Å². The van der Waals surface area contributed by atoms with E-state index in [0.29, 0.717) is 5.54 Å². The fraction of sp³-hybridized carbons (Fsp3) is 1.00. The lowest BCUT2D eigenvalue weighted by molar-refractivity contribution is -0.0375. The highest BCUT2D eigenvalue weighted by Gasteiger charge is 2.54. The maximum Gasteiger partial charge on any atom is 0.0501 e. The standard InChI is InChI=1S/C17H31N3/c18-13-17(9-12-19-10-4-8-16(17)19)20-11-3-6-14-5-1-2-7-15(14)20/h14-16H,1-13,18H2/t14-,15-,16?,17?/m1/s1. The summed E-state index contributed by atoms with van der Waals surface area (Å²) >= 11 is 0. The third-order valence-electron chi connectivity index (χ3n) is 6.98. The molecule has 0 aromatic heterocycles. The lowest BCUT2D eigenvalue weighted by Gasteiger charge is -2.54. The van der Waals surface area contributed by atoms with Crippen LogP contribution < -0.4 is 5.73 Å². The summed E-state index contributed by atoms with van der Waals surface area (Å²) in [6.45, 7) is 4.84. The SMILES string of the molecule is NCC1(N2CCC[C@H]3CCCC[C@H]32)CCN2CCCC21. The van der Waals surface area contributed by atoms with Gasteiger partial charge in [0.05, 0.1) is 5.54 Å². The van der Waals surface area contributed by atoms with Gasteiger partial charge in [-0.05, 0) is 64.0 Å². The van der Waals surface area contributed by atoms with Gasteiger partial charge >= 0.3 is 0 Å². The van der Waals surface area contributed by atoms with Crippen molar-refractivity contribution in [3.63, 3.8) is 0 Å². The largest absolute Gasteiger partial charge is 0.329 e. The zero-order chi connectivity index (χ0) is 13.6. The zero-order valence-electron chi connectivity index (χ0n) is 12.9. The predicted molar refractivity (Wildman–Crippen MR) is 82.7 cm³/mol. The lowest BCUT2D eigenvalue weighted by atomic mass is 9.74. The molecule has 2 unspecified atom stereocenters. The molecule has 4 atom stereocenters. The van der Waals surface area contributed by atoms with Crippen molar-refractivity contribution in [2.45, 2.75) is 75.4 Å². The van der Waals surface area contributed by atoms with E-state index in [-0.39, 0.29) is 0 Å². The van der Waals surface area contributed by atoms with Gasteiger partial charge in [0.2, 0.25) is 0 Å². The van der Waals surface area contributed by atoms with Crippen molar-refractivity contribution < 1.29 is 0 Å². The van der Waals surface area contributed by atoms with Crippen molar-refractivity contribution in [1.82, 2.24) is 9.80 Å². The maximum atomic E-state index is 6.41. The first-order valence-corrected chi connectivity index (χ1v) is 9.06. The van der Waals surface area contributed by atoms with E-state index in [1.165, 1.54) is 77.4 Å². The van der Waals surface area contributed by atoms with Crippen molar-refractivity contribution in [3.8, 4) is 0 Å². The van der Waals surface area contributed by atoms with Gasteiger partial charge in [0.25, 0.3) is 0 Å². The molecule has 3 heterocycles. The second kappa shape index (κ2) is 5.26. The molecule has 0 amide bonds. The Hall–Kier alpha value is -0.120. The van der Waals surface area contributed by atoms with Crippen LogP contribution in [0.1, 0.15) is 57.8 Å². The van der Waals surface area contributed by atoms with E-state index in [2.05, 4.69) is 9.80 Å². The molecule has 1 saturated carbocycles. The number of piperidine rings is 1. The van der Waals surface area contributed by atoms with Crippen molar-refractivity contribution in [1.29, 1.82) is 0 Å². The van der Waals surface area contributed by atoms with Crippen LogP contribution in [0.2, 0.25) is 0 Å². The Balaban J connectivity index is 1.62. The van der Waals surface area contributed by atoms with Crippen LogP contribution in [0.3, 0.4) is 0 Å². The van der Waals surface area contributed by atoms with Gasteiger partial charge in [-0.2, -0.15) is 0 Å². The summed E-state index contributed by atoms with van der Waals surface area (Å²) in [5.74, 6) is 0.983. The van der Waals surface area contributed by atoms with E-state index in [4.69, 9.17) is 5.73 Å². The van der Waals surface area contributed by atoms with Crippen LogP contribution in [0, 0.1) is 5.92 Å². The summed E-state index contributed by atoms with van der Waals surface area (Å²) in [7, 11) is 0. The van der Waals surface area contributed by atoms with Crippen LogP contribution in [0.15, 0.2) is 0 Å². The van der Waals surface area contributed by atoms with Gasteiger partial charge in [0.15, 0.2) is 0 Å². The summed E-state index contributed by atoms with van der Waals surface area (Å²) in [5.41, 5.74) is 6.74. The second-order valence-corrected chi connectivity index (χ2v) is 7.70. The molecule has 0 radical (unpaired) electrons. The van der Waals surface area contributed by atoms with E-state index >= 15 is 0 Å². The van der Waals surface area contributed by atoms with E-state index in [1.807, 2.05) is 0 Å². The van der Waals surface area contributed by atoms with Crippen LogP contribution in [0.5, 0.6) is 0 Å². The van der Waals surface area contributed by atoms with E-state index in [0.717, 1.165) is 24.5 Å². The van der Waals surface area contributed by atoms with Gasteiger partial charge < -0.3 is 5.73 Å². The molecule has 1 aliphatic carbocycles. The predicted octanol–water partition coefficient (Wildman–Crippen LogP) is 2.21. The minimum atomic E-state index is 0.331. The second-order valence-electron chi connectivity index (χ2n) is 7.70. The van der Waals surface area contributed by atoms with Crippen molar-refractivity contribution in [3.05, 3.63) is 0 Å². The normalized spacial score (nSPS) is 46.4. The highest BCUT2D eigenvalue weighted by Crippen LogP contribution is 2.46. The van der Waals surface area contributed by atoms with Crippen molar-refractivity contribution in [2.75, 3.05) is 26.2 Å². The average Bonchev–Trinajstić information content (AvgIpc) is 3.09. The summed E-state index contributed by atoms with van der Waals surface area (Å²) in [5, 5.41) is 0. The average molecular weight is 277 g/mol. The van der Waals surface area contributed by atoms with Gasteiger partial charge in [-0.1, -0.05) is 12.8 Å². The number of likely N-dealkylation sites (tertiary alicyclic amines) is 1. The van der Waals surface area contributed by atoms with Crippen LogP contribution in [-0.4, -0.2) is 53.6 Å². The molecule has 3 saturated heterocycles. The van der Waals surface area contributed by atoms with Gasteiger partial charge in [-0.25, -0.2) is 0 Å². The minimum absolute atomic E-state index is 0.331. The van der Waals surface area contributed by atoms with Gasteiger partial charge in [0, 0.05) is 25.2 Å². The van der Waals surface area contributed by atoms with Crippen molar-refractivity contribution in [2.24, 2.45) is 11.7 Å². The Morgan fingerprint density at radius 1 is 0.900 bits per heavy atom. The van der Waals surface area contributed by atoms with E-state index < -0.39 is 0 Å². The Morgan fingerprint density at radius 3 is 2.60 bits per heavy atom. The third kappa shape index (κ3) is 1.89. The molecule has 3 heteroatoms. The summed E-state index contributed by atoms with van der Waals surface area (Å²) < 4.78 is 0. The first-order chi connectivity index (χ1) is 9.85. The molecule has 3 nitrogen and oxygen atoms in total. The van der Waals surface area contributed by atoms with E-state index in [9.17, 15) is 0 Å². The molecule has 114 valence electrons. The molecule has 0 bridgehead atoms. The number of nitrogens with zero attached hydrogens (tertiary/aromatic N) is 2. The summed E-state index contributed by atoms with van der Waals surface area (Å²) in [6, 6.07) is 1.63. The quantitative estimate of drug-likeness (QED) is 0.840. The zero-order valence-corrected chi connectivity index (χ0v) is 12.9. The Kier molecular flexibility index (Phi) is 3.56. The molecule has 4 aliphatic rings. The summed E-state index contributed by atoms with van der Waals surface area (Å²) in [6.07, 6.45) is 12.9. The van der Waals surface area contributed by atoms with Crippen LogP contribution in [0.25, 0.3) is 0 Å². The first kappa shape index (κ1) is 13.5. The van der Waals surface area contributed by atoms with Crippen LogP contribution in [0.4, 0.5) is 0 Å². The number of fused-ring (bicyclic) bond motifs is 2. The molecule has 0 aromatic rings. The lowest BCUT2D eigenvalue weighted by Crippen LogP contribution is -2.65. The molecule has 4 rings (SSSR count). The molecule has 4 fully saturated rings. The monoisotopic (exact) mass is 277 g/mol. The molecule has 3 aliphatic heterocycles. The molecule has 0 aromatic carbocycles. The third-order valence-corrected chi connectivity index (χ3v) is 6.98. The Labute approximate surface area is 123 Å². The molecular weight excluding hydrogens is 246 g/mol. The fourth-order valence-electron chi connectivity index (χ4n) is 6.07. The molecule has 20 heavy (non-hydrogen) atoms. The number of nitrogens with two attached hydrogens (primary N) is 1. The van der Waals surface area contributed by atoms with Crippen LogP contribution in [-0.2, 0) is 0 Å². The summed E-state index contributed by atoms with van der Waals surface area (Å²) in [4.78, 5) is 5.69. The maximum absolute atomic E-state index is 6.41. The highest BCUT2D eigenvalue weighted by molar-refractivity contribution is 5.12. The Bertz CT molecular complexity index is 356. The van der Waals surface area contributed by atoms with Gasteiger partial charge in [0.1, 0.15) is 0 Å². The van der Waals surface area contributed by atoms with Gasteiger partial charge in [-0.15, -0.1) is 0 Å². The number of hydrogen-bond donors (Lipinski definition) is 1. The highest BCUT2D eigenvalue weighted by atomic mass is 15.3. The smallest absolute Gasteiger partial charge is 0.0501 e. The van der Waals surface area contributed by atoms with Gasteiger partial charge in [-0.3, -0.25) is 9.80 Å². The van der Waals surface area contributed by atoms with E-state index in [1.54, 1.807) is 0 Å². The van der Waals surface area contributed by atoms with Crippen molar-refractivity contribution >= 4 is 0 Å². The minimum Gasteiger partial charge on any atom is -0.329 e. The topological polar surface area (TPSA) is 32.5 Å².